The Kier molecular flexibility index (Phi) is 7.99. The molecule has 0 saturated heterocycles. The van der Waals surface area contributed by atoms with E-state index in [1.807, 2.05) is 0 Å². The summed E-state index contributed by atoms with van der Waals surface area (Å²) in [6.45, 7) is 0. The van der Waals surface area contributed by atoms with Gasteiger partial charge in [-0.25, -0.2) is 0 Å². The predicted molar refractivity (Wildman–Crippen MR) is 157 cm³/mol. The van der Waals surface area contributed by atoms with Gasteiger partial charge in [0.15, 0.2) is 11.5 Å². The lowest BCUT2D eigenvalue weighted by Crippen LogP contribution is -2.34. The van der Waals surface area contributed by atoms with Crippen molar-refractivity contribution in [3.05, 3.63) is 115 Å². The fourth-order valence-electron chi connectivity index (χ4n) is 5.44. The first-order chi connectivity index (χ1) is 21.0. The minimum Gasteiger partial charge on any atom is -0.504 e. The van der Waals surface area contributed by atoms with Crippen molar-refractivity contribution in [3.63, 3.8) is 0 Å². The summed E-state index contributed by atoms with van der Waals surface area (Å²) < 4.78 is 9.50. The molecule has 0 radical (unpaired) electrons. The summed E-state index contributed by atoms with van der Waals surface area (Å²) in [5.41, 5.74) is -2.23. The normalized spacial score (nSPS) is 15.0. The number of nitrogens with one attached hydrogen (secondary N) is 2. The van der Waals surface area contributed by atoms with Gasteiger partial charge in [-0.2, -0.15) is 0 Å². The molecule has 2 unspecified atom stereocenters. The smallest absolute Gasteiger partial charge is 0.306 e. The van der Waals surface area contributed by atoms with Gasteiger partial charge in [0.1, 0.15) is 0 Å². The predicted octanol–water partition coefficient (Wildman–Crippen LogP) is 3.14. The average Bonchev–Trinajstić information content (AvgIpc) is 3.02. The fourth-order valence-corrected chi connectivity index (χ4v) is 5.44. The number of fused-ring (bicyclic) bond motifs is 2. The Morgan fingerprint density at radius 1 is 0.659 bits per heavy atom. The van der Waals surface area contributed by atoms with Crippen LogP contribution in [0.2, 0.25) is 0 Å². The summed E-state index contributed by atoms with van der Waals surface area (Å²) in [4.78, 5) is 84.1. The number of hydrogen-bond acceptors (Lipinski definition) is 10. The van der Waals surface area contributed by atoms with E-state index in [0.29, 0.717) is 21.8 Å². The molecule has 224 valence electrons. The molecule has 2 aromatic heterocycles. The largest absolute Gasteiger partial charge is 0.504 e. The maximum atomic E-state index is 13.8. The molecular formula is C32H26N2O10. The highest BCUT2D eigenvalue weighted by Crippen LogP contribution is 2.40. The number of Topliss-reactive ketones (excluding diaryl/α,β-unsaturated/α-hetero) is 2. The fraction of sp³-hybridized carbons (Fsp3) is 0.188. The van der Waals surface area contributed by atoms with Gasteiger partial charge >= 0.3 is 11.9 Å². The molecule has 12 nitrogen and oxygen atoms in total. The van der Waals surface area contributed by atoms with Crippen LogP contribution in [0.15, 0.2) is 92.9 Å². The number of aliphatic hydroxyl groups excluding tert-OH is 2. The van der Waals surface area contributed by atoms with Gasteiger partial charge in [0.2, 0.25) is 11.6 Å². The number of allylic oxidation sites excluding steroid dienone is 2. The van der Waals surface area contributed by atoms with E-state index in [4.69, 9.17) is 9.47 Å². The standard InChI is InChI=1S/C32H26N2O10/c1-43-23(35)13-17(19-11-15-7-3-5-9-21(15)33-31(19)41)25-27(37)29(39)26(30(40)28(25)38)18(14-24(36)44-2)20-12-16-8-4-6-10-22(16)34-32(20)42/h3-12,17-18,37,40H,13-14H2,1-2H3,(H,33,41)(H,34,42). The van der Waals surface area contributed by atoms with Gasteiger partial charge in [0.05, 0.1) is 38.2 Å². The summed E-state index contributed by atoms with van der Waals surface area (Å²) in [5, 5.41) is 23.5. The lowest BCUT2D eigenvalue weighted by molar-refractivity contribution is -0.142. The molecule has 0 saturated carbocycles. The second-order valence-corrected chi connectivity index (χ2v) is 10.1. The van der Waals surface area contributed by atoms with E-state index in [9.17, 15) is 39.0 Å². The molecule has 0 amide bonds. The Balaban J connectivity index is 1.69. The molecule has 5 rings (SSSR count). The first-order valence-electron chi connectivity index (χ1n) is 13.4. The molecule has 2 heterocycles. The van der Waals surface area contributed by atoms with E-state index in [2.05, 4.69) is 9.97 Å². The van der Waals surface area contributed by atoms with Gasteiger partial charge in [-0.15, -0.1) is 0 Å². The number of rotatable bonds is 8. The lowest BCUT2D eigenvalue weighted by atomic mass is 9.76. The number of carbonyl (C=O) groups is 4. The first-order valence-corrected chi connectivity index (χ1v) is 13.4. The molecule has 1 aliphatic rings. The number of carbonyl (C=O) groups excluding carboxylic acids is 4. The van der Waals surface area contributed by atoms with Crippen LogP contribution in [0.25, 0.3) is 21.8 Å². The third-order valence-electron chi connectivity index (χ3n) is 7.64. The topological polar surface area (TPSA) is 193 Å². The van der Waals surface area contributed by atoms with Gasteiger partial charge in [0.25, 0.3) is 11.1 Å². The van der Waals surface area contributed by atoms with Crippen LogP contribution in [0.3, 0.4) is 0 Å². The van der Waals surface area contributed by atoms with E-state index in [1.165, 1.54) is 12.1 Å². The quantitative estimate of drug-likeness (QED) is 0.173. The number of ketones is 2. The Labute approximate surface area is 248 Å². The maximum Gasteiger partial charge on any atom is 0.306 e. The molecule has 2 atom stereocenters. The van der Waals surface area contributed by atoms with E-state index in [-0.39, 0.29) is 11.1 Å². The number of H-pyrrole nitrogens is 2. The SMILES string of the molecule is COC(=O)CC(C1=C(O)C(=O)C(C(CC(=O)OC)c2cc3ccccc3[nH]c2=O)=C(O)C1=O)c1cc2ccccc2[nH]c1=O. The van der Waals surface area contributed by atoms with E-state index >= 15 is 0 Å². The summed E-state index contributed by atoms with van der Waals surface area (Å²) in [6.07, 6.45) is -1.29. The number of benzene rings is 2. The molecule has 4 N–H and O–H groups in total. The van der Waals surface area contributed by atoms with Crippen molar-refractivity contribution in [2.24, 2.45) is 0 Å². The highest BCUT2D eigenvalue weighted by atomic mass is 16.5. The number of pyridine rings is 2. The number of aliphatic hydroxyl groups is 2. The van der Waals surface area contributed by atoms with Crippen LogP contribution < -0.4 is 11.1 Å². The van der Waals surface area contributed by atoms with Gasteiger partial charge < -0.3 is 29.7 Å². The number of aromatic amines is 2. The average molecular weight is 599 g/mol. The Hall–Kier alpha value is -5.78. The number of aromatic nitrogens is 2. The molecule has 1 aliphatic carbocycles. The second kappa shape index (κ2) is 11.8. The maximum absolute atomic E-state index is 13.8. The summed E-state index contributed by atoms with van der Waals surface area (Å²) in [5.74, 6) is -9.63. The van der Waals surface area contributed by atoms with Crippen LogP contribution in [0.5, 0.6) is 0 Å². The lowest BCUT2D eigenvalue weighted by Gasteiger charge is -2.27. The van der Waals surface area contributed by atoms with E-state index < -0.39 is 82.0 Å². The van der Waals surface area contributed by atoms with Crippen molar-refractivity contribution in [3.8, 4) is 0 Å². The van der Waals surface area contributed by atoms with Gasteiger partial charge in [-0.05, 0) is 35.0 Å². The highest BCUT2D eigenvalue weighted by Gasteiger charge is 2.44. The van der Waals surface area contributed by atoms with Crippen molar-refractivity contribution < 1.29 is 38.9 Å². The van der Waals surface area contributed by atoms with Gasteiger partial charge in [-0.3, -0.25) is 28.8 Å². The molecule has 0 spiro atoms. The number of methoxy groups -OCH3 is 2. The third kappa shape index (κ3) is 5.28. The van der Waals surface area contributed by atoms with Gasteiger partial charge in [-0.1, -0.05) is 36.4 Å². The summed E-state index contributed by atoms with van der Waals surface area (Å²) >= 11 is 0. The molecule has 44 heavy (non-hydrogen) atoms. The second-order valence-electron chi connectivity index (χ2n) is 10.1. The van der Waals surface area contributed by atoms with Gasteiger partial charge in [0, 0.05) is 34.0 Å². The van der Waals surface area contributed by atoms with Crippen molar-refractivity contribution in [2.75, 3.05) is 14.2 Å². The zero-order valence-electron chi connectivity index (χ0n) is 23.5. The zero-order chi connectivity index (χ0) is 31.7. The Bertz CT molecular complexity index is 1900. The molecule has 0 aliphatic heterocycles. The Morgan fingerprint density at radius 2 is 1.02 bits per heavy atom. The van der Waals surface area contributed by atoms with Crippen LogP contribution in [-0.4, -0.2) is 57.9 Å². The summed E-state index contributed by atoms with van der Waals surface area (Å²) in [7, 11) is 2.17. The van der Waals surface area contributed by atoms with Crippen LogP contribution >= 0.6 is 0 Å². The zero-order valence-corrected chi connectivity index (χ0v) is 23.5. The molecule has 0 bridgehead atoms. The number of esters is 2. The first kappa shape index (κ1) is 29.7. The van der Waals surface area contributed by atoms with Crippen molar-refractivity contribution in [1.29, 1.82) is 0 Å². The molecule has 12 heteroatoms. The van der Waals surface area contributed by atoms with Crippen LogP contribution in [0.1, 0.15) is 35.8 Å². The monoisotopic (exact) mass is 598 g/mol. The van der Waals surface area contributed by atoms with E-state index in [0.717, 1.165) is 14.2 Å². The Morgan fingerprint density at radius 3 is 1.39 bits per heavy atom. The minimum atomic E-state index is -1.51. The molecular weight excluding hydrogens is 572 g/mol. The van der Waals surface area contributed by atoms with Crippen molar-refractivity contribution in [1.82, 2.24) is 9.97 Å². The molecule has 2 aromatic carbocycles. The third-order valence-corrected chi connectivity index (χ3v) is 7.64. The van der Waals surface area contributed by atoms with Crippen LogP contribution in [-0.2, 0) is 28.7 Å². The van der Waals surface area contributed by atoms with Crippen LogP contribution in [0.4, 0.5) is 0 Å². The molecule has 4 aromatic rings. The summed E-state index contributed by atoms with van der Waals surface area (Å²) in [6, 6.07) is 16.2. The van der Waals surface area contributed by atoms with Crippen molar-refractivity contribution in [2.45, 2.75) is 24.7 Å². The molecule has 0 fully saturated rings. The number of para-hydroxylation sites is 2. The van der Waals surface area contributed by atoms with Crippen LogP contribution in [0, 0.1) is 0 Å². The minimum absolute atomic E-state index is 0.148. The van der Waals surface area contributed by atoms with E-state index in [1.54, 1.807) is 48.5 Å². The highest BCUT2D eigenvalue weighted by molar-refractivity contribution is 6.24. The van der Waals surface area contributed by atoms with Crippen molar-refractivity contribution >= 4 is 45.3 Å². The number of hydrogen-bond donors (Lipinski definition) is 4. The number of ether oxygens (including phenoxy) is 2.